The Labute approximate surface area is 259 Å². The molecule has 4 heterocycles. The van der Waals surface area contributed by atoms with Crippen LogP contribution in [-0.4, -0.2) is 59.2 Å². The van der Waals surface area contributed by atoms with Crippen molar-refractivity contribution in [3.8, 4) is 22.9 Å². The number of hydrogen-bond acceptors (Lipinski definition) is 10. The number of ether oxygens (including phenoxy) is 3. The Kier molecular flexibility index (Phi) is 10.0. The van der Waals surface area contributed by atoms with Crippen molar-refractivity contribution < 1.29 is 50.2 Å². The first-order valence-electron chi connectivity index (χ1n) is 14.2. The van der Waals surface area contributed by atoms with E-state index in [0.717, 1.165) is 44.4 Å². The number of benzene rings is 1. The van der Waals surface area contributed by atoms with Crippen molar-refractivity contribution >= 4 is 18.0 Å². The lowest BCUT2D eigenvalue weighted by molar-refractivity contribution is -0.286. The number of likely N-dealkylation sites (tertiary alicyclic amines) is 1. The summed E-state index contributed by atoms with van der Waals surface area (Å²) in [5.74, 6) is 0.352. The van der Waals surface area contributed by atoms with Gasteiger partial charge in [0, 0.05) is 35.1 Å². The monoisotopic (exact) mass is 658 g/mol. The van der Waals surface area contributed by atoms with Gasteiger partial charge >= 0.3 is 18.4 Å². The largest absolute Gasteiger partial charge is 0.586 e. The van der Waals surface area contributed by atoms with Gasteiger partial charge in [-0.25, -0.2) is 4.68 Å². The minimum atomic E-state index is -4.54. The van der Waals surface area contributed by atoms with Gasteiger partial charge in [0.2, 0.25) is 0 Å². The molecule has 0 atom stereocenters. The molecule has 3 aromatic rings. The topological polar surface area (TPSA) is 97.2 Å². The second-order valence-corrected chi connectivity index (χ2v) is 11.4. The zero-order chi connectivity index (χ0) is 32.2. The van der Waals surface area contributed by atoms with E-state index in [1.54, 1.807) is 6.07 Å². The Morgan fingerprint density at radius 2 is 1.82 bits per heavy atom. The molecule has 2 aromatic heterocycles. The Bertz CT molecular complexity index is 1500. The van der Waals surface area contributed by atoms with Crippen LogP contribution in [0.4, 0.5) is 22.0 Å². The maximum Gasteiger partial charge on any atom is 0.586 e. The van der Waals surface area contributed by atoms with Crippen LogP contribution in [0.2, 0.25) is 0 Å². The van der Waals surface area contributed by atoms with Crippen molar-refractivity contribution in [3.05, 3.63) is 59.2 Å². The third-order valence-corrected chi connectivity index (χ3v) is 8.13. The van der Waals surface area contributed by atoms with Crippen LogP contribution in [0.3, 0.4) is 0 Å². The summed E-state index contributed by atoms with van der Waals surface area (Å²) in [5.41, 5.74) is 0.793. The number of piperidine rings is 1. The normalized spacial score (nSPS) is 17.7. The first kappa shape index (κ1) is 32.8. The highest BCUT2D eigenvalue weighted by atomic mass is 32.2. The van der Waals surface area contributed by atoms with Crippen molar-refractivity contribution in [2.24, 2.45) is 5.92 Å². The minimum absolute atomic E-state index is 0.0434. The summed E-state index contributed by atoms with van der Waals surface area (Å²) in [4.78, 5) is 22.5. The summed E-state index contributed by atoms with van der Waals surface area (Å²) in [6, 6.07) is 5.80. The van der Waals surface area contributed by atoms with Gasteiger partial charge in [-0.2, -0.15) is 18.3 Å². The van der Waals surface area contributed by atoms with Crippen LogP contribution in [0, 0.1) is 5.92 Å². The summed E-state index contributed by atoms with van der Waals surface area (Å²) in [6.07, 6.45) is -1.34. The van der Waals surface area contributed by atoms with Crippen LogP contribution in [0.1, 0.15) is 48.2 Å². The van der Waals surface area contributed by atoms with Gasteiger partial charge in [0.05, 0.1) is 31.1 Å². The van der Waals surface area contributed by atoms with Crippen LogP contribution in [0.25, 0.3) is 5.69 Å². The van der Waals surface area contributed by atoms with Gasteiger partial charge in [0.1, 0.15) is 0 Å². The Hall–Kier alpha value is -3.63. The lowest BCUT2D eigenvalue weighted by atomic mass is 9.95. The SMILES string of the molecule is COC(=O)C1CCN(C)CC1.FC1(F)Oc2ccc(CSOOc3cncc(-n4nc(C(F)(F)F)c5c4CCCC5)c3)cc2O1. The molecule has 45 heavy (non-hydrogen) atoms. The molecule has 2 aliphatic heterocycles. The van der Waals surface area contributed by atoms with E-state index in [-0.39, 0.29) is 40.5 Å². The first-order valence-corrected chi connectivity index (χ1v) is 15.1. The van der Waals surface area contributed by atoms with Crippen molar-refractivity contribution in [1.29, 1.82) is 0 Å². The molecule has 1 saturated heterocycles. The molecular weight excluding hydrogens is 627 g/mol. The van der Waals surface area contributed by atoms with Gasteiger partial charge < -0.3 is 24.0 Å². The van der Waals surface area contributed by atoms with Crippen LogP contribution < -0.4 is 14.4 Å². The Morgan fingerprint density at radius 3 is 2.56 bits per heavy atom. The van der Waals surface area contributed by atoms with Crippen molar-refractivity contribution in [2.45, 2.75) is 56.7 Å². The standard InChI is InChI=1S/C21H16F5N3O4S.C8H15NO2/c22-20(23,24)19-15-3-1-2-4-16(15)29(28-19)13-8-14(10-27-9-13)32-33-34-11-12-5-6-17-18(7-12)31-21(25,26)30-17;1-9-5-3-7(4-6-9)8(10)11-2/h5-10H,1-4,11H2;7H,3-6H2,1-2H3. The number of nitrogens with zero attached hydrogens (tertiary/aromatic N) is 4. The number of hydrogen-bond donors (Lipinski definition) is 0. The average Bonchev–Trinajstić information content (AvgIpc) is 3.56. The van der Waals surface area contributed by atoms with Crippen molar-refractivity contribution in [1.82, 2.24) is 19.7 Å². The molecule has 10 nitrogen and oxygen atoms in total. The van der Waals surface area contributed by atoms with Crippen molar-refractivity contribution in [2.75, 3.05) is 27.2 Å². The molecule has 3 aliphatic rings. The molecule has 244 valence electrons. The molecule has 0 amide bonds. The molecule has 0 spiro atoms. The zero-order valence-electron chi connectivity index (χ0n) is 24.4. The fraction of sp³-hybridized carbons (Fsp3) is 0.483. The molecule has 16 heteroatoms. The summed E-state index contributed by atoms with van der Waals surface area (Å²) in [6.45, 7) is 2.03. The zero-order valence-corrected chi connectivity index (χ0v) is 25.3. The Morgan fingerprint density at radius 1 is 1.09 bits per heavy atom. The third kappa shape index (κ3) is 8.16. The molecule has 0 unspecified atom stereocenters. The highest BCUT2D eigenvalue weighted by Gasteiger charge is 2.43. The second kappa shape index (κ2) is 13.8. The molecular formula is C29H31F5N4O6S. The van der Waals surface area contributed by atoms with Crippen LogP contribution >= 0.6 is 12.0 Å². The first-order chi connectivity index (χ1) is 21.4. The number of methoxy groups -OCH3 is 1. The number of pyridine rings is 1. The average molecular weight is 659 g/mol. The molecule has 1 fully saturated rings. The van der Waals surface area contributed by atoms with E-state index < -0.39 is 18.2 Å². The summed E-state index contributed by atoms with van der Waals surface area (Å²) < 4.78 is 86.3. The predicted octanol–water partition coefficient (Wildman–Crippen LogP) is 6.15. The van der Waals surface area contributed by atoms with Crippen LogP contribution in [0.5, 0.6) is 17.2 Å². The molecule has 0 bridgehead atoms. The number of carbonyl (C=O) groups excluding carboxylic acids is 1. The van der Waals surface area contributed by atoms with Crippen molar-refractivity contribution in [3.63, 3.8) is 0 Å². The smallest absolute Gasteiger partial charge is 0.469 e. The van der Waals surface area contributed by atoms with Gasteiger partial charge in [0.15, 0.2) is 22.9 Å². The Balaban J connectivity index is 0.000000309. The maximum atomic E-state index is 13.5. The van der Waals surface area contributed by atoms with Crippen LogP contribution in [-0.2, 0) is 38.6 Å². The molecule has 0 radical (unpaired) electrons. The quantitative estimate of drug-likeness (QED) is 0.0735. The number of carbonyl (C=O) groups is 1. The summed E-state index contributed by atoms with van der Waals surface area (Å²) in [5, 5.41) is 3.82. The van der Waals surface area contributed by atoms with Gasteiger partial charge in [-0.3, -0.25) is 9.78 Å². The molecule has 6 rings (SSSR count). The molecule has 1 aliphatic carbocycles. The number of fused-ring (bicyclic) bond motifs is 2. The third-order valence-electron chi connectivity index (χ3n) is 7.51. The number of aromatic nitrogens is 3. The van der Waals surface area contributed by atoms with Crippen LogP contribution in [0.15, 0.2) is 36.7 Å². The molecule has 1 aromatic carbocycles. The number of esters is 1. The molecule has 0 N–H and O–H groups in total. The van der Waals surface area contributed by atoms with Gasteiger partial charge in [0.25, 0.3) is 0 Å². The van der Waals surface area contributed by atoms with E-state index in [1.165, 1.54) is 42.4 Å². The lowest BCUT2D eigenvalue weighted by Gasteiger charge is -2.26. The van der Waals surface area contributed by atoms with E-state index in [0.29, 0.717) is 36.2 Å². The summed E-state index contributed by atoms with van der Waals surface area (Å²) >= 11 is 0.873. The molecule has 0 saturated carbocycles. The van der Waals surface area contributed by atoms with E-state index >= 15 is 0 Å². The van der Waals surface area contributed by atoms with E-state index in [9.17, 15) is 26.7 Å². The predicted molar refractivity (Wildman–Crippen MR) is 151 cm³/mol. The summed E-state index contributed by atoms with van der Waals surface area (Å²) in [7, 11) is 3.54. The van der Waals surface area contributed by atoms with Gasteiger partial charge in [-0.15, -0.1) is 13.1 Å². The fourth-order valence-corrected chi connectivity index (χ4v) is 5.75. The van der Waals surface area contributed by atoms with E-state index in [4.69, 9.17) is 9.22 Å². The lowest BCUT2D eigenvalue weighted by Crippen LogP contribution is -2.33. The highest BCUT2D eigenvalue weighted by Crippen LogP contribution is 2.42. The minimum Gasteiger partial charge on any atom is -0.469 e. The van der Waals surface area contributed by atoms with E-state index in [2.05, 4.69) is 36.2 Å². The number of alkyl halides is 5. The number of rotatable bonds is 7. The second-order valence-electron chi connectivity index (χ2n) is 10.7. The number of halogens is 5. The fourth-order valence-electron chi connectivity index (χ4n) is 5.26. The highest BCUT2D eigenvalue weighted by molar-refractivity contribution is 7.93. The van der Waals surface area contributed by atoms with E-state index in [1.807, 2.05) is 0 Å². The van der Waals surface area contributed by atoms with Gasteiger partial charge in [-0.1, -0.05) is 6.07 Å². The van der Waals surface area contributed by atoms with Gasteiger partial charge in [-0.05, 0) is 76.4 Å². The maximum absolute atomic E-state index is 13.5.